The largest absolute Gasteiger partial charge is 0.493 e. The van der Waals surface area contributed by atoms with Gasteiger partial charge in [-0.25, -0.2) is 0 Å². The van der Waals surface area contributed by atoms with E-state index in [9.17, 15) is 9.59 Å². The molecule has 0 aliphatic carbocycles. The number of carbonyl (C=O) groups excluding carboxylic acids is 2. The number of anilines is 1. The summed E-state index contributed by atoms with van der Waals surface area (Å²) in [5.41, 5.74) is 3.51. The first-order chi connectivity index (χ1) is 13.0. The van der Waals surface area contributed by atoms with Crippen molar-refractivity contribution in [1.29, 1.82) is 0 Å². The number of hydrogen-bond acceptors (Lipinski definition) is 3. The Kier molecular flexibility index (Phi) is 6.12. The third-order valence-corrected chi connectivity index (χ3v) is 4.58. The Morgan fingerprint density at radius 3 is 2.44 bits per heavy atom. The van der Waals surface area contributed by atoms with E-state index in [0.29, 0.717) is 17.9 Å². The number of benzene rings is 2. The minimum absolute atomic E-state index is 0.0294. The van der Waals surface area contributed by atoms with E-state index in [0.717, 1.165) is 42.8 Å². The third kappa shape index (κ3) is 5.33. The standard InChI is InChI=1S/C22H26N2O3/c1-16-12-17(2)14-20(13-16)27-11-8-21(25)23-19-7-5-6-18(15-19)22(26)24-9-3-4-10-24/h5-7,12-15H,3-4,8-11H2,1-2H3,(H,23,25). The lowest BCUT2D eigenvalue weighted by atomic mass is 10.1. The summed E-state index contributed by atoms with van der Waals surface area (Å²) in [7, 11) is 0. The van der Waals surface area contributed by atoms with Crippen molar-refractivity contribution in [2.45, 2.75) is 33.1 Å². The molecule has 1 fully saturated rings. The van der Waals surface area contributed by atoms with Gasteiger partial charge in [0.15, 0.2) is 0 Å². The molecule has 2 amide bonds. The molecule has 0 radical (unpaired) electrons. The zero-order valence-corrected chi connectivity index (χ0v) is 16.0. The van der Waals surface area contributed by atoms with E-state index in [4.69, 9.17) is 4.74 Å². The first-order valence-corrected chi connectivity index (χ1v) is 9.41. The molecule has 27 heavy (non-hydrogen) atoms. The zero-order chi connectivity index (χ0) is 19.2. The maximum atomic E-state index is 12.5. The molecule has 0 spiro atoms. The summed E-state index contributed by atoms with van der Waals surface area (Å²) in [6.07, 6.45) is 2.36. The molecule has 1 saturated heterocycles. The predicted molar refractivity (Wildman–Crippen MR) is 106 cm³/mol. The molecule has 2 aromatic rings. The van der Waals surface area contributed by atoms with Crippen LogP contribution in [0.1, 0.15) is 40.7 Å². The van der Waals surface area contributed by atoms with Gasteiger partial charge in [0.05, 0.1) is 13.0 Å². The van der Waals surface area contributed by atoms with Gasteiger partial charge in [0.25, 0.3) is 5.91 Å². The highest BCUT2D eigenvalue weighted by Crippen LogP contribution is 2.18. The summed E-state index contributed by atoms with van der Waals surface area (Å²) in [5, 5.41) is 2.85. The molecule has 1 heterocycles. The molecule has 1 aliphatic heterocycles. The Bertz CT molecular complexity index is 806. The Labute approximate surface area is 160 Å². The quantitative estimate of drug-likeness (QED) is 0.842. The van der Waals surface area contributed by atoms with Crippen LogP contribution in [0.5, 0.6) is 5.75 Å². The second kappa shape index (κ2) is 8.71. The SMILES string of the molecule is Cc1cc(C)cc(OCCC(=O)Nc2cccc(C(=O)N3CCCC3)c2)c1. The van der Waals surface area contributed by atoms with Gasteiger partial charge in [-0.3, -0.25) is 9.59 Å². The van der Waals surface area contributed by atoms with Crippen molar-refractivity contribution in [3.63, 3.8) is 0 Å². The van der Waals surface area contributed by atoms with Crippen LogP contribution in [0.3, 0.4) is 0 Å². The molecule has 5 heteroatoms. The number of nitrogens with one attached hydrogen (secondary N) is 1. The molecular weight excluding hydrogens is 340 g/mol. The van der Waals surface area contributed by atoms with E-state index in [-0.39, 0.29) is 18.2 Å². The average molecular weight is 366 g/mol. The maximum absolute atomic E-state index is 12.5. The topological polar surface area (TPSA) is 58.6 Å². The molecule has 0 atom stereocenters. The van der Waals surface area contributed by atoms with Gasteiger partial charge >= 0.3 is 0 Å². The third-order valence-electron chi connectivity index (χ3n) is 4.58. The van der Waals surface area contributed by atoms with Crippen LogP contribution in [0.4, 0.5) is 5.69 Å². The van der Waals surface area contributed by atoms with Gasteiger partial charge in [-0.2, -0.15) is 0 Å². The normalized spacial score (nSPS) is 13.5. The molecule has 0 unspecified atom stereocenters. The fourth-order valence-corrected chi connectivity index (χ4v) is 3.33. The molecule has 5 nitrogen and oxygen atoms in total. The van der Waals surface area contributed by atoms with Gasteiger partial charge in [0.1, 0.15) is 5.75 Å². The molecule has 1 N–H and O–H groups in total. The summed E-state index contributed by atoms with van der Waals surface area (Å²) >= 11 is 0. The van der Waals surface area contributed by atoms with Gasteiger partial charge < -0.3 is 15.0 Å². The second-order valence-corrected chi connectivity index (χ2v) is 7.05. The molecule has 142 valence electrons. The highest BCUT2D eigenvalue weighted by molar-refractivity contribution is 5.97. The Hall–Kier alpha value is -2.82. The summed E-state index contributed by atoms with van der Waals surface area (Å²) < 4.78 is 5.68. The molecule has 3 rings (SSSR count). The van der Waals surface area contributed by atoms with E-state index >= 15 is 0 Å². The molecule has 1 aliphatic rings. The second-order valence-electron chi connectivity index (χ2n) is 7.05. The average Bonchev–Trinajstić information content (AvgIpc) is 3.15. The molecule has 2 aromatic carbocycles. The molecule has 0 aromatic heterocycles. The number of ether oxygens (including phenoxy) is 1. The maximum Gasteiger partial charge on any atom is 0.253 e. The number of hydrogen-bond donors (Lipinski definition) is 1. The number of aryl methyl sites for hydroxylation is 2. The van der Waals surface area contributed by atoms with Crippen LogP contribution in [-0.2, 0) is 4.79 Å². The minimum atomic E-state index is -0.134. The number of likely N-dealkylation sites (tertiary alicyclic amines) is 1. The summed E-state index contributed by atoms with van der Waals surface area (Å²) in [6, 6.07) is 13.1. The van der Waals surface area contributed by atoms with Crippen LogP contribution in [0.2, 0.25) is 0 Å². The Morgan fingerprint density at radius 2 is 1.74 bits per heavy atom. The van der Waals surface area contributed by atoms with E-state index < -0.39 is 0 Å². The Morgan fingerprint density at radius 1 is 1.04 bits per heavy atom. The number of amides is 2. The van der Waals surface area contributed by atoms with E-state index in [1.807, 2.05) is 30.9 Å². The van der Waals surface area contributed by atoms with E-state index in [2.05, 4.69) is 11.4 Å². The number of nitrogens with zero attached hydrogens (tertiary/aromatic N) is 1. The predicted octanol–water partition coefficient (Wildman–Crippen LogP) is 3.95. The van der Waals surface area contributed by atoms with E-state index in [1.54, 1.807) is 24.3 Å². The van der Waals surface area contributed by atoms with Crippen molar-refractivity contribution in [2.24, 2.45) is 0 Å². The van der Waals surface area contributed by atoms with Crippen molar-refractivity contribution < 1.29 is 14.3 Å². The molecular formula is C22H26N2O3. The van der Waals surface area contributed by atoms with Crippen molar-refractivity contribution in [1.82, 2.24) is 4.90 Å². The summed E-state index contributed by atoms with van der Waals surface area (Å²) in [4.78, 5) is 26.5. The van der Waals surface area contributed by atoms with Gasteiger partial charge in [0, 0.05) is 24.3 Å². The summed E-state index contributed by atoms with van der Waals surface area (Å²) in [5.74, 6) is 0.672. The van der Waals surface area contributed by atoms with Gasteiger partial charge in [-0.1, -0.05) is 12.1 Å². The molecule has 0 bridgehead atoms. The van der Waals surface area contributed by atoms with Crippen molar-refractivity contribution in [3.8, 4) is 5.75 Å². The van der Waals surface area contributed by atoms with Crippen LogP contribution in [0.15, 0.2) is 42.5 Å². The first kappa shape index (κ1) is 19.0. The zero-order valence-electron chi connectivity index (χ0n) is 16.0. The van der Waals surface area contributed by atoms with Crippen molar-refractivity contribution in [3.05, 3.63) is 59.2 Å². The van der Waals surface area contributed by atoms with E-state index in [1.165, 1.54) is 0 Å². The fraction of sp³-hybridized carbons (Fsp3) is 0.364. The van der Waals surface area contributed by atoms with Crippen LogP contribution in [0.25, 0.3) is 0 Å². The van der Waals surface area contributed by atoms with Crippen molar-refractivity contribution >= 4 is 17.5 Å². The molecule has 0 saturated carbocycles. The van der Waals surface area contributed by atoms with Gasteiger partial charge in [-0.15, -0.1) is 0 Å². The lowest BCUT2D eigenvalue weighted by molar-refractivity contribution is -0.116. The first-order valence-electron chi connectivity index (χ1n) is 9.41. The van der Waals surface area contributed by atoms with Gasteiger partial charge in [-0.05, 0) is 68.1 Å². The fourth-order valence-electron chi connectivity index (χ4n) is 3.33. The highest BCUT2D eigenvalue weighted by atomic mass is 16.5. The lowest BCUT2D eigenvalue weighted by Gasteiger charge is -2.16. The van der Waals surface area contributed by atoms with Crippen LogP contribution in [-0.4, -0.2) is 36.4 Å². The highest BCUT2D eigenvalue weighted by Gasteiger charge is 2.19. The summed E-state index contributed by atoms with van der Waals surface area (Å²) in [6.45, 7) is 5.96. The minimum Gasteiger partial charge on any atom is -0.493 e. The number of rotatable bonds is 6. The smallest absolute Gasteiger partial charge is 0.253 e. The number of carbonyl (C=O) groups is 2. The Balaban J connectivity index is 1.51. The lowest BCUT2D eigenvalue weighted by Crippen LogP contribution is -2.27. The van der Waals surface area contributed by atoms with Crippen LogP contribution in [0, 0.1) is 13.8 Å². The van der Waals surface area contributed by atoms with Crippen LogP contribution < -0.4 is 10.1 Å². The van der Waals surface area contributed by atoms with Crippen molar-refractivity contribution in [2.75, 3.05) is 25.0 Å². The monoisotopic (exact) mass is 366 g/mol. The van der Waals surface area contributed by atoms with Crippen LogP contribution >= 0.6 is 0 Å². The van der Waals surface area contributed by atoms with Gasteiger partial charge in [0.2, 0.25) is 5.91 Å².